The number of thiophene rings is 1. The van der Waals surface area contributed by atoms with Crippen LogP contribution in [0.4, 0.5) is 0 Å². The molecule has 1 aliphatic heterocycles. The molecule has 2 unspecified atom stereocenters. The van der Waals surface area contributed by atoms with E-state index in [4.69, 9.17) is 0 Å². The van der Waals surface area contributed by atoms with Crippen molar-refractivity contribution in [3.63, 3.8) is 0 Å². The molecule has 4 heteroatoms. The first kappa shape index (κ1) is 12.6. The van der Waals surface area contributed by atoms with Gasteiger partial charge >= 0.3 is 0 Å². The maximum Gasteiger partial charge on any atom is 0.237 e. The molecule has 0 aromatic carbocycles. The van der Waals surface area contributed by atoms with Gasteiger partial charge in [0.05, 0.1) is 6.04 Å². The Bertz CT molecular complexity index is 350. The number of hydrogen-bond donors (Lipinski definition) is 2. The second kappa shape index (κ2) is 6.17. The van der Waals surface area contributed by atoms with Crippen LogP contribution in [-0.2, 0) is 11.2 Å². The van der Waals surface area contributed by atoms with Crippen LogP contribution in [0.5, 0.6) is 0 Å². The van der Waals surface area contributed by atoms with Gasteiger partial charge in [-0.05, 0) is 55.0 Å². The Kier molecular flexibility index (Phi) is 4.57. The maximum atomic E-state index is 11.8. The number of amides is 1. The van der Waals surface area contributed by atoms with E-state index in [0.717, 1.165) is 32.2 Å². The van der Waals surface area contributed by atoms with Crippen LogP contribution in [0.25, 0.3) is 0 Å². The highest BCUT2D eigenvalue weighted by atomic mass is 32.1. The summed E-state index contributed by atoms with van der Waals surface area (Å²) in [4.78, 5) is 11.8. The molecule has 1 fully saturated rings. The Labute approximate surface area is 107 Å². The van der Waals surface area contributed by atoms with Gasteiger partial charge in [0, 0.05) is 12.6 Å². The molecule has 1 aromatic rings. The highest BCUT2D eigenvalue weighted by Gasteiger charge is 2.21. The summed E-state index contributed by atoms with van der Waals surface area (Å²) in [6, 6.07) is 2.49. The fourth-order valence-corrected chi connectivity index (χ4v) is 2.94. The molecule has 1 aliphatic rings. The van der Waals surface area contributed by atoms with Crippen molar-refractivity contribution >= 4 is 17.2 Å². The predicted octanol–water partition coefficient (Wildman–Crippen LogP) is 1.94. The summed E-state index contributed by atoms with van der Waals surface area (Å²) in [5.41, 5.74) is 1.35. The van der Waals surface area contributed by atoms with Crippen molar-refractivity contribution in [3.8, 4) is 0 Å². The van der Waals surface area contributed by atoms with Crippen molar-refractivity contribution in [3.05, 3.63) is 22.4 Å². The van der Waals surface area contributed by atoms with Gasteiger partial charge in [-0.2, -0.15) is 11.3 Å². The van der Waals surface area contributed by atoms with Crippen LogP contribution in [0, 0.1) is 0 Å². The SMILES string of the molecule is CC(Cc1ccsc1)NC1CCCCNC1=O. The predicted molar refractivity (Wildman–Crippen MR) is 71.3 cm³/mol. The number of carbonyl (C=O) groups is 1. The number of nitrogens with one attached hydrogen (secondary N) is 2. The molecule has 0 bridgehead atoms. The Morgan fingerprint density at radius 1 is 1.59 bits per heavy atom. The second-order valence-electron chi connectivity index (χ2n) is 4.74. The van der Waals surface area contributed by atoms with E-state index in [1.807, 2.05) is 0 Å². The van der Waals surface area contributed by atoms with Gasteiger partial charge in [0.15, 0.2) is 0 Å². The molecule has 17 heavy (non-hydrogen) atoms. The molecule has 2 heterocycles. The van der Waals surface area contributed by atoms with Crippen molar-refractivity contribution in [2.24, 2.45) is 0 Å². The lowest BCUT2D eigenvalue weighted by Gasteiger charge is -2.20. The molecule has 3 nitrogen and oxygen atoms in total. The molecule has 1 amide bonds. The van der Waals surface area contributed by atoms with Gasteiger partial charge in [0.1, 0.15) is 0 Å². The average Bonchev–Trinajstić information content (AvgIpc) is 2.71. The Morgan fingerprint density at radius 3 is 3.24 bits per heavy atom. The van der Waals surface area contributed by atoms with Gasteiger partial charge in [-0.15, -0.1) is 0 Å². The number of carbonyl (C=O) groups excluding carboxylic acids is 1. The Balaban J connectivity index is 1.84. The lowest BCUT2D eigenvalue weighted by Crippen LogP contribution is -2.47. The molecular weight excluding hydrogens is 232 g/mol. The summed E-state index contributed by atoms with van der Waals surface area (Å²) in [5, 5.41) is 10.7. The minimum Gasteiger partial charge on any atom is -0.355 e. The van der Waals surface area contributed by atoms with Crippen molar-refractivity contribution in [1.29, 1.82) is 0 Å². The van der Waals surface area contributed by atoms with E-state index in [9.17, 15) is 4.79 Å². The molecule has 2 atom stereocenters. The molecule has 0 spiro atoms. The molecule has 1 aromatic heterocycles. The molecule has 1 saturated heterocycles. The minimum absolute atomic E-state index is 0.00821. The van der Waals surface area contributed by atoms with Crippen LogP contribution in [0.15, 0.2) is 16.8 Å². The molecule has 0 saturated carbocycles. The minimum atomic E-state index is -0.00821. The van der Waals surface area contributed by atoms with Gasteiger partial charge in [-0.3, -0.25) is 4.79 Å². The van der Waals surface area contributed by atoms with Crippen LogP contribution >= 0.6 is 11.3 Å². The van der Waals surface area contributed by atoms with E-state index in [2.05, 4.69) is 34.4 Å². The van der Waals surface area contributed by atoms with Crippen LogP contribution in [0.1, 0.15) is 31.7 Å². The van der Waals surface area contributed by atoms with E-state index >= 15 is 0 Å². The van der Waals surface area contributed by atoms with Gasteiger partial charge in [-0.1, -0.05) is 0 Å². The van der Waals surface area contributed by atoms with Gasteiger partial charge < -0.3 is 10.6 Å². The van der Waals surface area contributed by atoms with Crippen LogP contribution in [0.2, 0.25) is 0 Å². The molecule has 2 rings (SSSR count). The fraction of sp³-hybridized carbons (Fsp3) is 0.615. The highest BCUT2D eigenvalue weighted by molar-refractivity contribution is 7.07. The zero-order valence-electron chi connectivity index (χ0n) is 10.2. The van der Waals surface area contributed by atoms with Crippen LogP contribution < -0.4 is 10.6 Å². The summed E-state index contributed by atoms with van der Waals surface area (Å²) in [7, 11) is 0. The monoisotopic (exact) mass is 252 g/mol. The lowest BCUT2D eigenvalue weighted by molar-refractivity contribution is -0.123. The van der Waals surface area contributed by atoms with E-state index < -0.39 is 0 Å². The van der Waals surface area contributed by atoms with Crippen LogP contribution in [0.3, 0.4) is 0 Å². The number of rotatable bonds is 4. The third-order valence-corrected chi connectivity index (χ3v) is 3.88. The quantitative estimate of drug-likeness (QED) is 0.860. The Morgan fingerprint density at radius 2 is 2.47 bits per heavy atom. The highest BCUT2D eigenvalue weighted by Crippen LogP contribution is 2.11. The van der Waals surface area contributed by atoms with Crippen molar-refractivity contribution in [1.82, 2.24) is 10.6 Å². The van der Waals surface area contributed by atoms with Gasteiger partial charge in [0.2, 0.25) is 5.91 Å². The smallest absolute Gasteiger partial charge is 0.237 e. The summed E-state index contributed by atoms with van der Waals surface area (Å²) >= 11 is 1.72. The molecular formula is C13H20N2OS. The lowest BCUT2D eigenvalue weighted by atomic mass is 10.1. The van der Waals surface area contributed by atoms with Gasteiger partial charge in [-0.25, -0.2) is 0 Å². The summed E-state index contributed by atoms with van der Waals surface area (Å²) in [5.74, 6) is 0.166. The van der Waals surface area contributed by atoms with E-state index in [-0.39, 0.29) is 11.9 Å². The van der Waals surface area contributed by atoms with E-state index in [1.165, 1.54) is 5.56 Å². The first-order valence-corrected chi connectivity index (χ1v) is 7.25. The first-order valence-electron chi connectivity index (χ1n) is 6.30. The molecule has 0 aliphatic carbocycles. The van der Waals surface area contributed by atoms with Crippen molar-refractivity contribution in [2.75, 3.05) is 6.54 Å². The van der Waals surface area contributed by atoms with Crippen molar-refractivity contribution < 1.29 is 4.79 Å². The average molecular weight is 252 g/mol. The van der Waals surface area contributed by atoms with Crippen LogP contribution in [-0.4, -0.2) is 24.5 Å². The van der Waals surface area contributed by atoms with E-state index in [0.29, 0.717) is 6.04 Å². The van der Waals surface area contributed by atoms with Crippen molar-refractivity contribution in [2.45, 2.75) is 44.7 Å². The Hall–Kier alpha value is -0.870. The zero-order valence-corrected chi connectivity index (χ0v) is 11.1. The first-order chi connectivity index (χ1) is 8.25. The molecule has 94 valence electrons. The topological polar surface area (TPSA) is 41.1 Å². The maximum absolute atomic E-state index is 11.8. The zero-order chi connectivity index (χ0) is 12.1. The van der Waals surface area contributed by atoms with E-state index in [1.54, 1.807) is 11.3 Å². The molecule has 2 N–H and O–H groups in total. The third-order valence-electron chi connectivity index (χ3n) is 3.14. The van der Waals surface area contributed by atoms with Gasteiger partial charge in [0.25, 0.3) is 0 Å². The normalized spacial score (nSPS) is 22.9. The number of hydrogen-bond acceptors (Lipinski definition) is 3. The fourth-order valence-electron chi connectivity index (χ4n) is 2.26. The second-order valence-corrected chi connectivity index (χ2v) is 5.52. The standard InChI is InChI=1S/C13H20N2OS/c1-10(8-11-5-7-17-9-11)15-12-4-2-3-6-14-13(12)16/h5,7,9-10,12,15H,2-4,6,8H2,1H3,(H,14,16). The largest absolute Gasteiger partial charge is 0.355 e. The molecule has 0 radical (unpaired) electrons. The summed E-state index contributed by atoms with van der Waals surface area (Å²) < 4.78 is 0. The third kappa shape index (κ3) is 3.82. The summed E-state index contributed by atoms with van der Waals surface area (Å²) in [6.45, 7) is 2.98. The summed E-state index contributed by atoms with van der Waals surface area (Å²) in [6.07, 6.45) is 4.18.